The van der Waals surface area contributed by atoms with E-state index in [1.54, 1.807) is 4.52 Å². The van der Waals surface area contributed by atoms with Gasteiger partial charge in [0.2, 0.25) is 0 Å². The molecule has 7 heteroatoms. The van der Waals surface area contributed by atoms with Crippen molar-refractivity contribution in [3.63, 3.8) is 0 Å². The summed E-state index contributed by atoms with van der Waals surface area (Å²) in [6.07, 6.45) is 5.89. The van der Waals surface area contributed by atoms with Crippen molar-refractivity contribution in [1.29, 1.82) is 0 Å². The molecule has 1 aliphatic carbocycles. The van der Waals surface area contributed by atoms with Crippen LogP contribution in [0.25, 0.3) is 16.8 Å². The fourth-order valence-electron chi connectivity index (χ4n) is 5.57. The van der Waals surface area contributed by atoms with Gasteiger partial charge in [0.15, 0.2) is 11.6 Å². The van der Waals surface area contributed by atoms with Crippen LogP contribution in [0.15, 0.2) is 54.9 Å². The quantitative estimate of drug-likeness (QED) is 0.521. The minimum Gasteiger partial charge on any atom is -0.355 e. The smallest absolute Gasteiger partial charge is 0.172 e. The first-order valence-electron chi connectivity index (χ1n) is 11.1. The zero-order valence-corrected chi connectivity index (χ0v) is 18.0. The third-order valence-corrected chi connectivity index (χ3v) is 7.31. The number of rotatable bonds is 2. The van der Waals surface area contributed by atoms with Crippen molar-refractivity contribution in [3.05, 3.63) is 77.6 Å². The van der Waals surface area contributed by atoms with Crippen LogP contribution in [-0.2, 0) is 6.42 Å². The van der Waals surface area contributed by atoms with E-state index in [2.05, 4.69) is 21.0 Å². The molecule has 0 radical (unpaired) electrons. The van der Waals surface area contributed by atoms with Crippen molar-refractivity contribution in [2.75, 3.05) is 18.0 Å². The van der Waals surface area contributed by atoms with E-state index in [1.807, 2.05) is 49.5 Å². The van der Waals surface area contributed by atoms with Gasteiger partial charge >= 0.3 is 0 Å². The van der Waals surface area contributed by atoms with Crippen LogP contribution in [0.2, 0.25) is 0 Å². The van der Waals surface area contributed by atoms with E-state index in [9.17, 15) is 4.39 Å². The van der Waals surface area contributed by atoms with E-state index in [0.29, 0.717) is 11.3 Å². The molecule has 2 aliphatic rings. The van der Waals surface area contributed by atoms with Crippen LogP contribution in [0.3, 0.4) is 0 Å². The molecule has 32 heavy (non-hydrogen) atoms. The summed E-state index contributed by atoms with van der Waals surface area (Å²) < 4.78 is 16.6. The summed E-state index contributed by atoms with van der Waals surface area (Å²) in [5, 5.41) is 4.37. The van der Waals surface area contributed by atoms with E-state index < -0.39 is 0 Å². The molecule has 4 aromatic rings. The molecule has 0 saturated carbocycles. The number of pyridine rings is 1. The summed E-state index contributed by atoms with van der Waals surface area (Å²) >= 11 is 0. The van der Waals surface area contributed by atoms with E-state index in [4.69, 9.17) is 10.7 Å². The van der Waals surface area contributed by atoms with Crippen molar-refractivity contribution in [2.24, 2.45) is 11.1 Å². The van der Waals surface area contributed by atoms with Gasteiger partial charge in [-0.25, -0.2) is 13.9 Å². The summed E-state index contributed by atoms with van der Waals surface area (Å²) in [5.74, 6) is 0.313. The summed E-state index contributed by atoms with van der Waals surface area (Å²) in [5.41, 5.74) is 12.1. The Hall–Kier alpha value is -3.32. The maximum absolute atomic E-state index is 14.9. The summed E-state index contributed by atoms with van der Waals surface area (Å²) in [4.78, 5) is 11.6. The molecule has 1 aromatic carbocycles. The van der Waals surface area contributed by atoms with Crippen LogP contribution < -0.4 is 10.6 Å². The molecule has 0 bridgehead atoms. The van der Waals surface area contributed by atoms with Crippen molar-refractivity contribution < 1.29 is 4.39 Å². The predicted molar refractivity (Wildman–Crippen MR) is 122 cm³/mol. The average Bonchev–Trinajstić information content (AvgIpc) is 3.32. The normalized spacial score (nSPS) is 19.6. The number of piperidine rings is 1. The average molecular weight is 429 g/mol. The Morgan fingerprint density at radius 1 is 1.09 bits per heavy atom. The van der Waals surface area contributed by atoms with Gasteiger partial charge in [-0.05, 0) is 43.2 Å². The first-order chi connectivity index (χ1) is 15.6. The highest BCUT2D eigenvalue weighted by atomic mass is 19.1. The molecule has 3 aromatic heterocycles. The third-order valence-electron chi connectivity index (χ3n) is 7.31. The molecule has 6 rings (SSSR count). The van der Waals surface area contributed by atoms with Crippen molar-refractivity contribution in [1.82, 2.24) is 19.6 Å². The van der Waals surface area contributed by atoms with Crippen LogP contribution >= 0.6 is 0 Å². The lowest BCUT2D eigenvalue weighted by Crippen LogP contribution is -2.44. The third kappa shape index (κ3) is 2.77. The molecule has 1 spiro atoms. The molecule has 0 unspecified atom stereocenters. The lowest BCUT2D eigenvalue weighted by atomic mass is 9.73. The number of aromatic nitrogens is 4. The summed E-state index contributed by atoms with van der Waals surface area (Å²) in [6, 6.07) is 14.0. The fourth-order valence-corrected chi connectivity index (χ4v) is 5.57. The Kier molecular flexibility index (Phi) is 4.30. The van der Waals surface area contributed by atoms with Crippen molar-refractivity contribution in [3.8, 4) is 11.3 Å². The second-order valence-electron chi connectivity index (χ2n) is 9.03. The monoisotopic (exact) mass is 428 g/mol. The van der Waals surface area contributed by atoms with E-state index in [0.717, 1.165) is 55.0 Å². The van der Waals surface area contributed by atoms with Crippen LogP contribution in [0, 0.1) is 18.2 Å². The Balaban J connectivity index is 1.36. The second kappa shape index (κ2) is 7.10. The molecule has 6 nitrogen and oxygen atoms in total. The molecule has 2 N–H and O–H groups in total. The number of aryl methyl sites for hydroxylation is 1. The summed E-state index contributed by atoms with van der Waals surface area (Å²) in [7, 11) is 0. The standard InChI is InChI=1S/C25H25FN6/c1-16-21(17-6-3-2-4-7-17)32-22(19(26)15-29-32)24(30-16)31-12-9-25(10-13-31)14-20-18(23(25)27)8-5-11-28-20/h2-8,11,15,23H,9-10,12-14,27H2,1H3/t23-/m1/s1. The van der Waals surface area contributed by atoms with Gasteiger partial charge in [-0.1, -0.05) is 36.4 Å². The Labute approximate surface area is 185 Å². The topological polar surface area (TPSA) is 72.3 Å². The maximum Gasteiger partial charge on any atom is 0.172 e. The Bertz CT molecular complexity index is 1310. The van der Waals surface area contributed by atoms with Gasteiger partial charge in [0.25, 0.3) is 0 Å². The van der Waals surface area contributed by atoms with Gasteiger partial charge in [-0.3, -0.25) is 4.98 Å². The molecule has 4 heterocycles. The van der Waals surface area contributed by atoms with Gasteiger partial charge in [0, 0.05) is 36.6 Å². The second-order valence-corrected chi connectivity index (χ2v) is 9.03. The number of fused-ring (bicyclic) bond motifs is 2. The van der Waals surface area contributed by atoms with Crippen LogP contribution in [0.1, 0.15) is 35.8 Å². The minimum atomic E-state index is -0.348. The Morgan fingerprint density at radius 3 is 2.62 bits per heavy atom. The maximum atomic E-state index is 14.9. The minimum absolute atomic E-state index is 0.00442. The number of hydrogen-bond acceptors (Lipinski definition) is 5. The number of anilines is 1. The molecule has 1 saturated heterocycles. The van der Waals surface area contributed by atoms with Gasteiger partial charge in [-0.15, -0.1) is 0 Å². The van der Waals surface area contributed by atoms with Crippen LogP contribution in [0.5, 0.6) is 0 Å². The van der Waals surface area contributed by atoms with Crippen molar-refractivity contribution in [2.45, 2.75) is 32.2 Å². The predicted octanol–water partition coefficient (Wildman–Crippen LogP) is 4.08. The van der Waals surface area contributed by atoms with Gasteiger partial charge < -0.3 is 10.6 Å². The lowest BCUT2D eigenvalue weighted by molar-refractivity contribution is 0.186. The van der Waals surface area contributed by atoms with Gasteiger partial charge in [-0.2, -0.15) is 5.10 Å². The first-order valence-corrected chi connectivity index (χ1v) is 11.1. The number of halogens is 1. The highest BCUT2D eigenvalue weighted by Gasteiger charge is 2.47. The zero-order valence-electron chi connectivity index (χ0n) is 18.0. The highest BCUT2D eigenvalue weighted by molar-refractivity contribution is 5.76. The highest BCUT2D eigenvalue weighted by Crippen LogP contribution is 2.50. The molecule has 0 amide bonds. The number of nitrogens with zero attached hydrogens (tertiary/aromatic N) is 5. The molecule has 1 fully saturated rings. The van der Waals surface area contributed by atoms with Crippen LogP contribution in [0.4, 0.5) is 10.2 Å². The van der Waals surface area contributed by atoms with E-state index >= 15 is 0 Å². The molecule has 1 atom stereocenters. The van der Waals surface area contributed by atoms with E-state index in [1.165, 1.54) is 11.8 Å². The fraction of sp³-hybridized carbons (Fsp3) is 0.320. The molecular formula is C25H25FN6. The van der Waals surface area contributed by atoms with Crippen molar-refractivity contribution >= 4 is 11.3 Å². The number of nitrogens with two attached hydrogens (primary N) is 1. The Morgan fingerprint density at radius 2 is 1.88 bits per heavy atom. The zero-order chi connectivity index (χ0) is 21.9. The van der Waals surface area contributed by atoms with Gasteiger partial charge in [0.05, 0.1) is 17.6 Å². The molecule has 162 valence electrons. The number of hydrogen-bond donors (Lipinski definition) is 1. The lowest BCUT2D eigenvalue weighted by Gasteiger charge is -2.42. The van der Waals surface area contributed by atoms with Gasteiger partial charge in [0.1, 0.15) is 5.52 Å². The first kappa shape index (κ1) is 19.4. The van der Waals surface area contributed by atoms with E-state index in [-0.39, 0.29) is 17.3 Å². The molecular weight excluding hydrogens is 403 g/mol. The summed E-state index contributed by atoms with van der Waals surface area (Å²) in [6.45, 7) is 3.52. The number of benzene rings is 1. The van der Waals surface area contributed by atoms with Crippen LogP contribution in [-0.4, -0.2) is 32.7 Å². The SMILES string of the molecule is Cc1nc(N2CCC3(CC2)Cc2ncccc2[C@H]3N)c2c(F)cnn2c1-c1ccccc1. The largest absolute Gasteiger partial charge is 0.355 e. The molecule has 1 aliphatic heterocycles.